The lowest BCUT2D eigenvalue weighted by Crippen LogP contribution is -2.44. The van der Waals surface area contributed by atoms with Gasteiger partial charge in [0, 0.05) is 0 Å². The lowest BCUT2D eigenvalue weighted by atomic mass is 10.1. The molecule has 0 fully saturated rings. The third-order valence-electron chi connectivity index (χ3n) is 1.58. The predicted molar refractivity (Wildman–Crippen MR) is 47.9 cm³/mol. The van der Waals surface area contributed by atoms with Crippen molar-refractivity contribution in [3.8, 4) is 0 Å². The first-order valence-electron chi connectivity index (χ1n) is 4.23. The summed E-state index contributed by atoms with van der Waals surface area (Å²) < 4.78 is 4.52. The van der Waals surface area contributed by atoms with Gasteiger partial charge in [0.05, 0.1) is 13.7 Å². The standard InChI is InChI=1S/C8H16N2O3/c1-3-4-6(8(12)13-2)10-7(11)5-9/h6H,3-5,9H2,1-2H3,(H,10,11)/t6-/m0/s1. The first kappa shape index (κ1) is 11.9. The van der Waals surface area contributed by atoms with Crippen molar-refractivity contribution in [3.05, 3.63) is 0 Å². The number of rotatable bonds is 5. The van der Waals surface area contributed by atoms with E-state index in [1.807, 2.05) is 6.92 Å². The molecule has 0 bridgehead atoms. The van der Waals surface area contributed by atoms with Crippen LogP contribution >= 0.6 is 0 Å². The number of carbonyl (C=O) groups is 2. The molecule has 1 atom stereocenters. The summed E-state index contributed by atoms with van der Waals surface area (Å²) >= 11 is 0. The van der Waals surface area contributed by atoms with Crippen LogP contribution in [0.2, 0.25) is 0 Å². The molecular weight excluding hydrogens is 172 g/mol. The number of carbonyl (C=O) groups excluding carboxylic acids is 2. The molecule has 0 rings (SSSR count). The van der Waals surface area contributed by atoms with E-state index in [0.29, 0.717) is 6.42 Å². The van der Waals surface area contributed by atoms with Crippen LogP contribution in [0.25, 0.3) is 0 Å². The average molecular weight is 188 g/mol. The summed E-state index contributed by atoms with van der Waals surface area (Å²) in [6, 6.07) is -0.564. The molecule has 0 unspecified atom stereocenters. The van der Waals surface area contributed by atoms with Crippen molar-refractivity contribution in [3.63, 3.8) is 0 Å². The summed E-state index contributed by atoms with van der Waals surface area (Å²) in [7, 11) is 1.29. The van der Waals surface area contributed by atoms with Crippen molar-refractivity contribution in [1.29, 1.82) is 0 Å². The van der Waals surface area contributed by atoms with E-state index < -0.39 is 12.0 Å². The van der Waals surface area contributed by atoms with Gasteiger partial charge in [-0.2, -0.15) is 0 Å². The smallest absolute Gasteiger partial charge is 0.328 e. The molecule has 0 spiro atoms. The van der Waals surface area contributed by atoms with Crippen LogP contribution < -0.4 is 11.1 Å². The minimum Gasteiger partial charge on any atom is -0.467 e. The molecule has 0 aliphatic rings. The van der Waals surface area contributed by atoms with E-state index in [4.69, 9.17) is 5.73 Å². The van der Waals surface area contributed by atoms with Crippen LogP contribution in [-0.4, -0.2) is 31.6 Å². The van der Waals surface area contributed by atoms with Crippen LogP contribution in [0.15, 0.2) is 0 Å². The molecule has 0 radical (unpaired) electrons. The minimum atomic E-state index is -0.564. The maximum absolute atomic E-state index is 11.1. The van der Waals surface area contributed by atoms with Crippen molar-refractivity contribution in [2.45, 2.75) is 25.8 Å². The van der Waals surface area contributed by atoms with E-state index in [0.717, 1.165) is 6.42 Å². The Bertz CT molecular complexity index is 182. The van der Waals surface area contributed by atoms with E-state index in [2.05, 4.69) is 10.1 Å². The lowest BCUT2D eigenvalue weighted by Gasteiger charge is -2.14. The Morgan fingerprint density at radius 1 is 1.54 bits per heavy atom. The Kier molecular flexibility index (Phi) is 5.88. The van der Waals surface area contributed by atoms with Crippen molar-refractivity contribution in [2.75, 3.05) is 13.7 Å². The van der Waals surface area contributed by atoms with E-state index >= 15 is 0 Å². The Labute approximate surface area is 77.6 Å². The van der Waals surface area contributed by atoms with Crippen molar-refractivity contribution >= 4 is 11.9 Å². The van der Waals surface area contributed by atoms with E-state index in [9.17, 15) is 9.59 Å². The molecule has 1 amide bonds. The molecule has 0 aliphatic carbocycles. The molecule has 3 N–H and O–H groups in total. The second-order valence-corrected chi connectivity index (χ2v) is 2.64. The summed E-state index contributed by atoms with van der Waals surface area (Å²) in [5, 5.41) is 2.48. The highest BCUT2D eigenvalue weighted by atomic mass is 16.5. The van der Waals surface area contributed by atoms with Gasteiger partial charge in [-0.15, -0.1) is 0 Å². The number of ether oxygens (including phenoxy) is 1. The number of esters is 1. The normalized spacial score (nSPS) is 11.9. The number of nitrogens with two attached hydrogens (primary N) is 1. The van der Waals surface area contributed by atoms with Crippen LogP contribution in [0.5, 0.6) is 0 Å². The molecule has 0 aromatic rings. The zero-order valence-electron chi connectivity index (χ0n) is 8.00. The van der Waals surface area contributed by atoms with Gasteiger partial charge in [0.15, 0.2) is 0 Å². The Hall–Kier alpha value is -1.10. The zero-order chi connectivity index (χ0) is 10.3. The maximum Gasteiger partial charge on any atom is 0.328 e. The third kappa shape index (κ3) is 4.47. The topological polar surface area (TPSA) is 81.4 Å². The summed E-state index contributed by atoms with van der Waals surface area (Å²) in [5.41, 5.74) is 5.09. The highest BCUT2D eigenvalue weighted by molar-refractivity contribution is 5.85. The number of methoxy groups -OCH3 is 1. The van der Waals surface area contributed by atoms with E-state index in [1.54, 1.807) is 0 Å². The summed E-state index contributed by atoms with van der Waals surface area (Å²) in [6.07, 6.45) is 1.36. The fourth-order valence-electron chi connectivity index (χ4n) is 0.933. The van der Waals surface area contributed by atoms with Gasteiger partial charge in [0.2, 0.25) is 5.91 Å². The molecular formula is C8H16N2O3. The van der Waals surface area contributed by atoms with Gasteiger partial charge >= 0.3 is 5.97 Å². The van der Waals surface area contributed by atoms with Crippen LogP contribution in [0.1, 0.15) is 19.8 Å². The highest BCUT2D eigenvalue weighted by Gasteiger charge is 2.19. The van der Waals surface area contributed by atoms with Crippen molar-refractivity contribution in [2.24, 2.45) is 5.73 Å². The molecule has 0 aromatic carbocycles. The minimum absolute atomic E-state index is 0.114. The first-order chi connectivity index (χ1) is 6.15. The van der Waals surface area contributed by atoms with Crippen LogP contribution in [0.3, 0.4) is 0 Å². The Balaban J connectivity index is 4.08. The molecule has 76 valence electrons. The molecule has 0 aliphatic heterocycles. The Morgan fingerprint density at radius 3 is 2.54 bits per heavy atom. The number of nitrogens with one attached hydrogen (secondary N) is 1. The molecule has 0 saturated carbocycles. The first-order valence-corrected chi connectivity index (χ1v) is 4.23. The van der Waals surface area contributed by atoms with Crippen LogP contribution in [0.4, 0.5) is 0 Å². The van der Waals surface area contributed by atoms with Gasteiger partial charge in [-0.1, -0.05) is 13.3 Å². The van der Waals surface area contributed by atoms with Gasteiger partial charge in [0.25, 0.3) is 0 Å². The largest absolute Gasteiger partial charge is 0.467 e. The number of amides is 1. The second kappa shape index (κ2) is 6.42. The number of hydrogen-bond donors (Lipinski definition) is 2. The fraction of sp³-hybridized carbons (Fsp3) is 0.750. The predicted octanol–water partition coefficient (Wildman–Crippen LogP) is -0.597. The molecule has 5 nitrogen and oxygen atoms in total. The van der Waals surface area contributed by atoms with E-state index in [1.165, 1.54) is 7.11 Å². The lowest BCUT2D eigenvalue weighted by molar-refractivity contribution is -0.145. The SMILES string of the molecule is CCC[C@H](NC(=O)CN)C(=O)OC. The fourth-order valence-corrected chi connectivity index (χ4v) is 0.933. The monoisotopic (exact) mass is 188 g/mol. The van der Waals surface area contributed by atoms with Crippen molar-refractivity contribution in [1.82, 2.24) is 5.32 Å². The third-order valence-corrected chi connectivity index (χ3v) is 1.58. The second-order valence-electron chi connectivity index (χ2n) is 2.64. The molecule has 13 heavy (non-hydrogen) atoms. The molecule has 0 aromatic heterocycles. The maximum atomic E-state index is 11.1. The average Bonchev–Trinajstić information content (AvgIpc) is 2.15. The van der Waals surface area contributed by atoms with Crippen LogP contribution in [-0.2, 0) is 14.3 Å². The summed E-state index contributed by atoms with van der Waals surface area (Å²) in [4.78, 5) is 21.9. The van der Waals surface area contributed by atoms with Gasteiger partial charge in [-0.3, -0.25) is 4.79 Å². The summed E-state index contributed by atoms with van der Waals surface area (Å²) in [5.74, 6) is -0.771. The van der Waals surface area contributed by atoms with Gasteiger partial charge in [-0.05, 0) is 6.42 Å². The zero-order valence-corrected chi connectivity index (χ0v) is 8.00. The van der Waals surface area contributed by atoms with Gasteiger partial charge in [0.1, 0.15) is 6.04 Å². The van der Waals surface area contributed by atoms with Gasteiger partial charge < -0.3 is 15.8 Å². The van der Waals surface area contributed by atoms with E-state index in [-0.39, 0.29) is 12.5 Å². The molecule has 0 heterocycles. The number of hydrogen-bond acceptors (Lipinski definition) is 4. The van der Waals surface area contributed by atoms with Gasteiger partial charge in [-0.25, -0.2) is 4.79 Å². The quantitative estimate of drug-likeness (QED) is 0.565. The Morgan fingerprint density at radius 2 is 2.15 bits per heavy atom. The summed E-state index contributed by atoms with van der Waals surface area (Å²) in [6.45, 7) is 1.81. The highest BCUT2D eigenvalue weighted by Crippen LogP contribution is 1.98. The molecule has 0 saturated heterocycles. The molecule has 5 heteroatoms. The van der Waals surface area contributed by atoms with Crippen LogP contribution in [0, 0.1) is 0 Å². The van der Waals surface area contributed by atoms with Crippen molar-refractivity contribution < 1.29 is 14.3 Å².